The van der Waals surface area contributed by atoms with Crippen molar-refractivity contribution in [2.45, 2.75) is 6.92 Å². The Bertz CT molecular complexity index is 553. The second-order valence-corrected chi connectivity index (χ2v) is 3.80. The minimum atomic E-state index is -0.440. The zero-order valence-corrected chi connectivity index (χ0v) is 9.76. The molecule has 0 aliphatic carbocycles. The Morgan fingerprint density at radius 1 is 1.44 bits per heavy atom. The average molecular weight is 284 g/mol. The van der Waals surface area contributed by atoms with Crippen molar-refractivity contribution in [2.75, 3.05) is 0 Å². The van der Waals surface area contributed by atoms with Gasteiger partial charge in [-0.1, -0.05) is 6.07 Å². The largest absolute Gasteiger partial charge is 0.411 e. The van der Waals surface area contributed by atoms with E-state index >= 15 is 0 Å². The molecule has 0 bridgehead atoms. The van der Waals surface area contributed by atoms with E-state index in [-0.39, 0.29) is 16.4 Å². The molecular formula is C9H6BrN3O3. The Morgan fingerprint density at radius 2 is 2.19 bits per heavy atom. The van der Waals surface area contributed by atoms with Crippen LogP contribution in [0.2, 0.25) is 0 Å². The van der Waals surface area contributed by atoms with Crippen LogP contribution in [0.25, 0.3) is 11.5 Å². The summed E-state index contributed by atoms with van der Waals surface area (Å²) in [4.78, 5) is 10.5. The molecule has 0 radical (unpaired) electrons. The van der Waals surface area contributed by atoms with Gasteiger partial charge in [0.2, 0.25) is 5.89 Å². The summed E-state index contributed by atoms with van der Waals surface area (Å²) >= 11 is 3.02. The summed E-state index contributed by atoms with van der Waals surface area (Å²) in [6, 6.07) is 4.75. The number of nitro groups is 1. The van der Waals surface area contributed by atoms with Crippen LogP contribution in [0.3, 0.4) is 0 Å². The first-order valence-electron chi connectivity index (χ1n) is 4.32. The van der Waals surface area contributed by atoms with Crippen molar-refractivity contribution in [1.29, 1.82) is 0 Å². The van der Waals surface area contributed by atoms with E-state index in [2.05, 4.69) is 26.1 Å². The van der Waals surface area contributed by atoms with Crippen LogP contribution in [0, 0.1) is 17.0 Å². The zero-order chi connectivity index (χ0) is 11.7. The van der Waals surface area contributed by atoms with Crippen molar-refractivity contribution in [3.05, 3.63) is 38.7 Å². The molecule has 1 aromatic carbocycles. The van der Waals surface area contributed by atoms with Gasteiger partial charge >= 0.3 is 0 Å². The molecular weight excluding hydrogens is 278 g/mol. The van der Waals surface area contributed by atoms with Crippen molar-refractivity contribution in [3.63, 3.8) is 0 Å². The van der Waals surface area contributed by atoms with Crippen LogP contribution in [0.1, 0.15) is 5.56 Å². The van der Waals surface area contributed by atoms with Crippen LogP contribution in [0.4, 0.5) is 5.69 Å². The predicted molar refractivity (Wildman–Crippen MR) is 58.8 cm³/mol. The molecule has 0 atom stereocenters. The molecule has 0 aliphatic rings. The smallest absolute Gasteiger partial charge is 0.285 e. The second-order valence-electron chi connectivity index (χ2n) is 3.12. The van der Waals surface area contributed by atoms with Crippen molar-refractivity contribution < 1.29 is 9.34 Å². The molecule has 0 saturated carbocycles. The Labute approximate surface area is 98.6 Å². The minimum Gasteiger partial charge on any atom is -0.411 e. The number of halogens is 1. The molecule has 0 amide bonds. The lowest BCUT2D eigenvalue weighted by Gasteiger charge is -1.98. The molecule has 2 rings (SSSR count). The van der Waals surface area contributed by atoms with Gasteiger partial charge in [-0.05, 0) is 13.0 Å². The summed E-state index contributed by atoms with van der Waals surface area (Å²) in [5.74, 6) is 0.245. The molecule has 7 heteroatoms. The first kappa shape index (κ1) is 10.7. The lowest BCUT2D eigenvalue weighted by Crippen LogP contribution is -1.92. The fourth-order valence-corrected chi connectivity index (χ4v) is 1.49. The molecule has 0 aliphatic heterocycles. The second kappa shape index (κ2) is 4.01. The van der Waals surface area contributed by atoms with Gasteiger partial charge in [-0.15, -0.1) is 10.2 Å². The third-order valence-electron chi connectivity index (χ3n) is 2.05. The van der Waals surface area contributed by atoms with Gasteiger partial charge in [-0.25, -0.2) is 0 Å². The average Bonchev–Trinajstić information content (AvgIpc) is 2.65. The molecule has 82 valence electrons. The van der Waals surface area contributed by atoms with Gasteiger partial charge < -0.3 is 4.42 Å². The molecule has 0 N–H and O–H groups in total. The number of hydrogen-bond acceptors (Lipinski definition) is 5. The quantitative estimate of drug-likeness (QED) is 0.625. The van der Waals surface area contributed by atoms with Crippen LogP contribution in [0.5, 0.6) is 0 Å². The van der Waals surface area contributed by atoms with Crippen LogP contribution >= 0.6 is 15.9 Å². The van der Waals surface area contributed by atoms with E-state index in [0.29, 0.717) is 11.1 Å². The number of rotatable bonds is 2. The van der Waals surface area contributed by atoms with Crippen molar-refractivity contribution >= 4 is 21.6 Å². The van der Waals surface area contributed by atoms with E-state index in [1.165, 1.54) is 6.07 Å². The molecule has 2 aromatic rings. The van der Waals surface area contributed by atoms with Crippen molar-refractivity contribution in [2.24, 2.45) is 0 Å². The number of nitrogens with zero attached hydrogens (tertiary/aromatic N) is 3. The molecule has 16 heavy (non-hydrogen) atoms. The fraction of sp³-hybridized carbons (Fsp3) is 0.111. The highest BCUT2D eigenvalue weighted by Gasteiger charge is 2.14. The number of nitro benzene ring substituents is 1. The summed E-state index contributed by atoms with van der Waals surface area (Å²) in [5.41, 5.74) is 1.15. The Morgan fingerprint density at radius 3 is 2.75 bits per heavy atom. The molecule has 6 nitrogen and oxygen atoms in total. The Kier molecular flexibility index (Phi) is 2.69. The summed E-state index contributed by atoms with van der Waals surface area (Å²) in [6.07, 6.45) is 0. The standard InChI is InChI=1S/C9H6BrN3O3/c1-5-2-3-6(4-7(5)13(14)15)8-11-12-9(10)16-8/h2-4H,1H3. The van der Waals surface area contributed by atoms with Gasteiger partial charge in [0.15, 0.2) is 0 Å². The lowest BCUT2D eigenvalue weighted by molar-refractivity contribution is -0.385. The summed E-state index contributed by atoms with van der Waals surface area (Å²) in [7, 11) is 0. The van der Waals surface area contributed by atoms with Gasteiger partial charge in [0, 0.05) is 33.1 Å². The number of aryl methyl sites for hydroxylation is 1. The van der Waals surface area contributed by atoms with E-state index in [1.54, 1.807) is 19.1 Å². The highest BCUT2D eigenvalue weighted by atomic mass is 79.9. The third-order valence-corrected chi connectivity index (χ3v) is 2.37. The topological polar surface area (TPSA) is 82.1 Å². The van der Waals surface area contributed by atoms with Gasteiger partial charge in [0.1, 0.15) is 0 Å². The first-order valence-corrected chi connectivity index (χ1v) is 5.11. The first-order chi connectivity index (χ1) is 7.58. The summed E-state index contributed by atoms with van der Waals surface area (Å²) in [6.45, 7) is 1.67. The van der Waals surface area contributed by atoms with Crippen LogP contribution in [0.15, 0.2) is 27.4 Å². The molecule has 1 heterocycles. The van der Waals surface area contributed by atoms with Crippen LogP contribution in [-0.4, -0.2) is 15.1 Å². The monoisotopic (exact) mass is 283 g/mol. The Balaban J connectivity index is 2.51. The lowest BCUT2D eigenvalue weighted by atomic mass is 10.1. The molecule has 0 unspecified atom stereocenters. The minimum absolute atomic E-state index is 0.0341. The van der Waals surface area contributed by atoms with Crippen molar-refractivity contribution in [1.82, 2.24) is 10.2 Å². The van der Waals surface area contributed by atoms with Crippen LogP contribution < -0.4 is 0 Å². The van der Waals surface area contributed by atoms with Gasteiger partial charge in [-0.2, -0.15) is 0 Å². The third kappa shape index (κ3) is 1.94. The summed E-state index contributed by atoms with van der Waals surface area (Å²) in [5, 5.41) is 18.1. The molecule has 0 spiro atoms. The number of hydrogen-bond donors (Lipinski definition) is 0. The van der Waals surface area contributed by atoms with Gasteiger partial charge in [0.25, 0.3) is 10.5 Å². The maximum absolute atomic E-state index is 10.7. The highest BCUT2D eigenvalue weighted by molar-refractivity contribution is 9.10. The van der Waals surface area contributed by atoms with E-state index < -0.39 is 4.92 Å². The zero-order valence-electron chi connectivity index (χ0n) is 8.18. The predicted octanol–water partition coefficient (Wildman–Crippen LogP) is 2.72. The Hall–Kier alpha value is -1.76. The fourth-order valence-electron chi connectivity index (χ4n) is 1.26. The van der Waals surface area contributed by atoms with Crippen molar-refractivity contribution in [3.8, 4) is 11.5 Å². The van der Waals surface area contributed by atoms with Gasteiger partial charge in [-0.3, -0.25) is 10.1 Å². The highest BCUT2D eigenvalue weighted by Crippen LogP contribution is 2.26. The van der Waals surface area contributed by atoms with E-state index in [9.17, 15) is 10.1 Å². The van der Waals surface area contributed by atoms with E-state index in [1.807, 2.05) is 0 Å². The number of aromatic nitrogens is 2. The van der Waals surface area contributed by atoms with Crippen LogP contribution in [-0.2, 0) is 0 Å². The SMILES string of the molecule is Cc1ccc(-c2nnc(Br)o2)cc1[N+](=O)[O-]. The van der Waals surface area contributed by atoms with E-state index in [0.717, 1.165) is 0 Å². The normalized spacial score (nSPS) is 10.4. The maximum Gasteiger partial charge on any atom is 0.285 e. The maximum atomic E-state index is 10.7. The number of benzene rings is 1. The molecule has 1 aromatic heterocycles. The van der Waals surface area contributed by atoms with Gasteiger partial charge in [0.05, 0.1) is 4.92 Å². The molecule has 0 fully saturated rings. The van der Waals surface area contributed by atoms with E-state index in [4.69, 9.17) is 4.42 Å². The summed E-state index contributed by atoms with van der Waals surface area (Å²) < 4.78 is 5.12. The molecule has 0 saturated heterocycles.